The lowest BCUT2D eigenvalue weighted by Gasteiger charge is -2.32. The molecule has 0 aliphatic heterocycles. The first-order valence-electron chi connectivity index (χ1n) is 7.23. The summed E-state index contributed by atoms with van der Waals surface area (Å²) in [5.41, 5.74) is 1.62. The highest BCUT2D eigenvalue weighted by atomic mass is 16.5. The highest BCUT2D eigenvalue weighted by Gasteiger charge is 2.26. The number of anilines is 1. The summed E-state index contributed by atoms with van der Waals surface area (Å²) in [7, 11) is 5.32. The van der Waals surface area contributed by atoms with Crippen LogP contribution in [0.5, 0.6) is 0 Å². The molecule has 2 unspecified atom stereocenters. The first kappa shape index (κ1) is 14.9. The molecule has 1 aromatic rings. The minimum Gasteiger partial charge on any atom is -0.379 e. The van der Waals surface area contributed by atoms with Crippen molar-refractivity contribution in [3.63, 3.8) is 0 Å². The van der Waals surface area contributed by atoms with Crippen molar-refractivity contribution in [2.24, 2.45) is 0 Å². The van der Waals surface area contributed by atoms with Gasteiger partial charge in [-0.1, -0.05) is 25.0 Å². The van der Waals surface area contributed by atoms with Crippen LogP contribution in [-0.4, -0.2) is 44.2 Å². The van der Waals surface area contributed by atoms with Gasteiger partial charge in [-0.3, -0.25) is 4.79 Å². The molecule has 0 radical (unpaired) electrons. The molecule has 2 atom stereocenters. The number of benzene rings is 1. The van der Waals surface area contributed by atoms with Crippen molar-refractivity contribution in [3.8, 4) is 0 Å². The zero-order valence-electron chi connectivity index (χ0n) is 12.6. The van der Waals surface area contributed by atoms with Gasteiger partial charge in [-0.15, -0.1) is 0 Å². The fourth-order valence-electron chi connectivity index (χ4n) is 2.78. The second-order valence-electron chi connectivity index (χ2n) is 5.55. The number of para-hydroxylation sites is 1. The normalized spacial score (nSPS) is 22.4. The number of ether oxygens (including phenoxy) is 1. The van der Waals surface area contributed by atoms with Crippen LogP contribution in [0.25, 0.3) is 0 Å². The van der Waals surface area contributed by atoms with Crippen LogP contribution >= 0.6 is 0 Å². The maximum Gasteiger partial charge on any atom is 0.255 e. The first-order chi connectivity index (χ1) is 9.63. The van der Waals surface area contributed by atoms with E-state index in [-0.39, 0.29) is 18.1 Å². The van der Waals surface area contributed by atoms with Crippen molar-refractivity contribution in [1.29, 1.82) is 0 Å². The van der Waals surface area contributed by atoms with Crippen LogP contribution in [0.4, 0.5) is 5.69 Å². The Morgan fingerprint density at radius 3 is 2.65 bits per heavy atom. The van der Waals surface area contributed by atoms with Crippen LogP contribution in [0, 0.1) is 0 Å². The fraction of sp³-hybridized carbons (Fsp3) is 0.562. The molecule has 4 heteroatoms. The predicted octanol–water partition coefficient (Wildman–Crippen LogP) is 2.76. The third-order valence-corrected chi connectivity index (χ3v) is 3.91. The third kappa shape index (κ3) is 3.31. The van der Waals surface area contributed by atoms with E-state index in [2.05, 4.69) is 5.32 Å². The van der Waals surface area contributed by atoms with Crippen LogP contribution in [0.2, 0.25) is 0 Å². The van der Waals surface area contributed by atoms with Gasteiger partial charge in [-0.25, -0.2) is 0 Å². The summed E-state index contributed by atoms with van der Waals surface area (Å²) in [6, 6.07) is 7.98. The average Bonchev–Trinajstić information content (AvgIpc) is 2.47. The van der Waals surface area contributed by atoms with E-state index in [4.69, 9.17) is 4.74 Å². The van der Waals surface area contributed by atoms with Gasteiger partial charge in [0.05, 0.1) is 17.7 Å². The summed E-state index contributed by atoms with van der Waals surface area (Å²) in [4.78, 5) is 13.8. The molecule has 1 aromatic carbocycles. The molecule has 0 heterocycles. The first-order valence-corrected chi connectivity index (χ1v) is 7.23. The van der Waals surface area contributed by atoms with E-state index in [1.807, 2.05) is 24.3 Å². The maximum absolute atomic E-state index is 12.2. The van der Waals surface area contributed by atoms with Crippen LogP contribution in [0.3, 0.4) is 0 Å². The molecule has 4 nitrogen and oxygen atoms in total. The summed E-state index contributed by atoms with van der Waals surface area (Å²) in [6.07, 6.45) is 4.82. The number of carbonyl (C=O) groups is 1. The number of nitrogens with one attached hydrogen (secondary N) is 1. The Morgan fingerprint density at radius 2 is 1.95 bits per heavy atom. The minimum absolute atomic E-state index is 0.0258. The second kappa shape index (κ2) is 6.75. The van der Waals surface area contributed by atoms with Crippen molar-refractivity contribution in [1.82, 2.24) is 4.90 Å². The van der Waals surface area contributed by atoms with Gasteiger partial charge in [-0.05, 0) is 25.0 Å². The predicted molar refractivity (Wildman–Crippen MR) is 81.1 cm³/mol. The van der Waals surface area contributed by atoms with Crippen LogP contribution < -0.4 is 5.32 Å². The van der Waals surface area contributed by atoms with Gasteiger partial charge < -0.3 is 15.0 Å². The molecule has 1 N–H and O–H groups in total. The topological polar surface area (TPSA) is 41.6 Å². The van der Waals surface area contributed by atoms with Gasteiger partial charge in [-0.2, -0.15) is 0 Å². The van der Waals surface area contributed by atoms with Crippen molar-refractivity contribution in [3.05, 3.63) is 29.8 Å². The molecule has 0 spiro atoms. The zero-order valence-corrected chi connectivity index (χ0v) is 12.6. The van der Waals surface area contributed by atoms with Crippen molar-refractivity contribution in [2.45, 2.75) is 37.8 Å². The third-order valence-electron chi connectivity index (χ3n) is 3.91. The number of carbonyl (C=O) groups excluding carboxylic acids is 1. The molecule has 1 aliphatic carbocycles. The quantitative estimate of drug-likeness (QED) is 0.919. The minimum atomic E-state index is 0.0258. The molecule has 0 bridgehead atoms. The summed E-state index contributed by atoms with van der Waals surface area (Å²) in [5, 5.41) is 3.51. The Balaban J connectivity index is 2.18. The largest absolute Gasteiger partial charge is 0.379 e. The highest BCUT2D eigenvalue weighted by Crippen LogP contribution is 2.26. The Bertz CT molecular complexity index is 460. The van der Waals surface area contributed by atoms with E-state index in [1.54, 1.807) is 26.1 Å². The number of nitrogens with zero attached hydrogens (tertiary/aromatic N) is 1. The van der Waals surface area contributed by atoms with E-state index in [0.717, 1.165) is 24.1 Å². The molecule has 1 fully saturated rings. The van der Waals surface area contributed by atoms with Crippen molar-refractivity contribution < 1.29 is 9.53 Å². The van der Waals surface area contributed by atoms with Crippen molar-refractivity contribution in [2.75, 3.05) is 26.5 Å². The molecule has 1 saturated carbocycles. The summed E-state index contributed by atoms with van der Waals surface area (Å²) >= 11 is 0. The van der Waals surface area contributed by atoms with E-state index in [9.17, 15) is 4.79 Å². The number of amides is 1. The van der Waals surface area contributed by atoms with Gasteiger partial charge in [0.15, 0.2) is 0 Å². The number of methoxy groups -OCH3 is 1. The smallest absolute Gasteiger partial charge is 0.255 e. The molecule has 1 amide bonds. The molecule has 20 heavy (non-hydrogen) atoms. The number of rotatable bonds is 4. The summed E-state index contributed by atoms with van der Waals surface area (Å²) in [6.45, 7) is 0. The van der Waals surface area contributed by atoms with Gasteiger partial charge in [0.2, 0.25) is 0 Å². The lowest BCUT2D eigenvalue weighted by atomic mass is 9.92. The zero-order chi connectivity index (χ0) is 14.5. The fourth-order valence-corrected chi connectivity index (χ4v) is 2.78. The van der Waals surface area contributed by atoms with E-state index >= 15 is 0 Å². The summed E-state index contributed by atoms with van der Waals surface area (Å²) < 4.78 is 5.57. The van der Waals surface area contributed by atoms with Gasteiger partial charge >= 0.3 is 0 Å². The van der Waals surface area contributed by atoms with E-state index in [1.165, 1.54) is 12.8 Å². The van der Waals surface area contributed by atoms with Crippen LogP contribution in [0.15, 0.2) is 24.3 Å². The second-order valence-corrected chi connectivity index (χ2v) is 5.55. The molecular formula is C16H24N2O2. The van der Waals surface area contributed by atoms with E-state index in [0.29, 0.717) is 0 Å². The van der Waals surface area contributed by atoms with Crippen molar-refractivity contribution >= 4 is 11.6 Å². The molecule has 2 rings (SSSR count). The van der Waals surface area contributed by atoms with Gasteiger partial charge in [0, 0.05) is 26.9 Å². The highest BCUT2D eigenvalue weighted by molar-refractivity contribution is 5.99. The Hall–Kier alpha value is -1.55. The monoisotopic (exact) mass is 276 g/mol. The lowest BCUT2D eigenvalue weighted by Crippen LogP contribution is -2.38. The number of hydrogen-bond acceptors (Lipinski definition) is 3. The van der Waals surface area contributed by atoms with Crippen LogP contribution in [0.1, 0.15) is 36.0 Å². The van der Waals surface area contributed by atoms with Gasteiger partial charge in [0.1, 0.15) is 0 Å². The molecule has 1 aliphatic rings. The Kier molecular flexibility index (Phi) is 5.01. The molecule has 110 valence electrons. The molecule has 0 aromatic heterocycles. The average molecular weight is 276 g/mol. The summed E-state index contributed by atoms with van der Waals surface area (Å²) in [5.74, 6) is 0.0258. The Labute approximate surface area is 121 Å². The lowest BCUT2D eigenvalue weighted by molar-refractivity contribution is 0.0605. The molecular weight excluding hydrogens is 252 g/mol. The SMILES string of the molecule is COC1CCCCC1Nc1ccccc1C(=O)N(C)C. The van der Waals surface area contributed by atoms with Gasteiger partial charge in [0.25, 0.3) is 5.91 Å². The van der Waals surface area contributed by atoms with Crippen LogP contribution in [-0.2, 0) is 4.74 Å². The van der Waals surface area contributed by atoms with E-state index < -0.39 is 0 Å². The number of hydrogen-bond donors (Lipinski definition) is 1. The standard InChI is InChI=1S/C16H24N2O2/c1-18(2)16(19)12-8-4-5-9-13(12)17-14-10-6-7-11-15(14)20-3/h4-5,8-9,14-15,17H,6-7,10-11H2,1-3H3. The molecule has 0 saturated heterocycles. The Morgan fingerprint density at radius 1 is 1.25 bits per heavy atom. The maximum atomic E-state index is 12.2.